The molecule has 0 radical (unpaired) electrons. The number of morpholine rings is 1. The van der Waals surface area contributed by atoms with Gasteiger partial charge < -0.3 is 15.2 Å². The summed E-state index contributed by atoms with van der Waals surface area (Å²) in [6, 6.07) is 7.54. The lowest BCUT2D eigenvalue weighted by atomic mass is 10.0. The largest absolute Gasteiger partial charge is 0.390 e. The number of aliphatic hydroxyl groups excluding tert-OH is 1. The average Bonchev–Trinajstić information content (AvgIpc) is 2.53. The number of rotatable bonds is 7. The summed E-state index contributed by atoms with van der Waals surface area (Å²) >= 11 is 5.96. The van der Waals surface area contributed by atoms with Crippen LogP contribution in [0.15, 0.2) is 24.3 Å². The highest BCUT2D eigenvalue weighted by molar-refractivity contribution is 6.30. The molecule has 6 heteroatoms. The number of aliphatic hydroxyl groups is 1. The third-order valence-electron chi connectivity index (χ3n) is 3.96. The topological polar surface area (TPSA) is 61.8 Å². The summed E-state index contributed by atoms with van der Waals surface area (Å²) in [6.45, 7) is 5.78. The van der Waals surface area contributed by atoms with E-state index < -0.39 is 6.10 Å². The van der Waals surface area contributed by atoms with Gasteiger partial charge in [-0.3, -0.25) is 9.69 Å². The number of nitrogens with one attached hydrogen (secondary N) is 1. The molecular formula is C17H25ClN2O3. The van der Waals surface area contributed by atoms with Crippen LogP contribution in [-0.4, -0.2) is 61.4 Å². The number of β-amino-alcohol motifs (C(OH)–C–C–N with tert-alkyl or cyclic N) is 1. The van der Waals surface area contributed by atoms with Gasteiger partial charge in [0.25, 0.3) is 0 Å². The molecule has 1 aliphatic rings. The van der Waals surface area contributed by atoms with Gasteiger partial charge in [-0.25, -0.2) is 0 Å². The van der Waals surface area contributed by atoms with Gasteiger partial charge in [0.05, 0.1) is 19.3 Å². The quantitative estimate of drug-likeness (QED) is 0.786. The third-order valence-corrected chi connectivity index (χ3v) is 4.20. The molecule has 2 atom stereocenters. The molecule has 0 saturated carbocycles. The summed E-state index contributed by atoms with van der Waals surface area (Å²) in [4.78, 5) is 14.3. The van der Waals surface area contributed by atoms with Gasteiger partial charge in [0, 0.05) is 37.1 Å². The SMILES string of the molecule is CC(Cc1cccc(Cl)c1)C(=O)NCC(O)CN1CCOCC1. The van der Waals surface area contributed by atoms with E-state index in [2.05, 4.69) is 10.2 Å². The molecule has 128 valence electrons. The van der Waals surface area contributed by atoms with Crippen LogP contribution in [0.25, 0.3) is 0 Å². The van der Waals surface area contributed by atoms with Crippen LogP contribution >= 0.6 is 11.6 Å². The Morgan fingerprint density at radius 2 is 2.17 bits per heavy atom. The summed E-state index contributed by atoms with van der Waals surface area (Å²) in [5, 5.41) is 13.5. The first kappa shape index (κ1) is 18.2. The molecule has 1 saturated heterocycles. The van der Waals surface area contributed by atoms with Gasteiger partial charge in [0.1, 0.15) is 0 Å². The second-order valence-corrected chi connectivity index (χ2v) is 6.48. The van der Waals surface area contributed by atoms with E-state index in [1.807, 2.05) is 31.2 Å². The zero-order valence-corrected chi connectivity index (χ0v) is 14.3. The second-order valence-electron chi connectivity index (χ2n) is 6.05. The fraction of sp³-hybridized carbons (Fsp3) is 0.588. The summed E-state index contributed by atoms with van der Waals surface area (Å²) < 4.78 is 5.27. The predicted molar refractivity (Wildman–Crippen MR) is 90.6 cm³/mol. The van der Waals surface area contributed by atoms with E-state index >= 15 is 0 Å². The van der Waals surface area contributed by atoms with Gasteiger partial charge in [-0.2, -0.15) is 0 Å². The Labute approximate surface area is 142 Å². The molecular weight excluding hydrogens is 316 g/mol. The van der Waals surface area contributed by atoms with Gasteiger partial charge in [-0.1, -0.05) is 30.7 Å². The molecule has 1 amide bonds. The first-order chi connectivity index (χ1) is 11.0. The molecule has 1 aromatic carbocycles. The van der Waals surface area contributed by atoms with Crippen molar-refractivity contribution in [3.63, 3.8) is 0 Å². The summed E-state index contributed by atoms with van der Waals surface area (Å²) in [5.74, 6) is -0.213. The van der Waals surface area contributed by atoms with Gasteiger partial charge >= 0.3 is 0 Å². The van der Waals surface area contributed by atoms with E-state index in [0.29, 0.717) is 31.2 Å². The molecule has 2 N–H and O–H groups in total. The molecule has 1 heterocycles. The van der Waals surface area contributed by atoms with Crippen molar-refractivity contribution in [1.29, 1.82) is 0 Å². The van der Waals surface area contributed by atoms with Crippen LogP contribution in [0.1, 0.15) is 12.5 Å². The molecule has 5 nitrogen and oxygen atoms in total. The molecule has 1 aliphatic heterocycles. The Balaban J connectivity index is 1.70. The number of ether oxygens (including phenoxy) is 1. The average molecular weight is 341 g/mol. The molecule has 2 unspecified atom stereocenters. The van der Waals surface area contributed by atoms with Crippen LogP contribution in [-0.2, 0) is 16.0 Å². The van der Waals surface area contributed by atoms with Crippen LogP contribution in [0.4, 0.5) is 0 Å². The molecule has 1 fully saturated rings. The van der Waals surface area contributed by atoms with E-state index in [1.165, 1.54) is 0 Å². The highest BCUT2D eigenvalue weighted by Crippen LogP contribution is 2.14. The smallest absolute Gasteiger partial charge is 0.223 e. The molecule has 23 heavy (non-hydrogen) atoms. The maximum atomic E-state index is 12.1. The number of nitrogens with zero attached hydrogens (tertiary/aromatic N) is 1. The lowest BCUT2D eigenvalue weighted by Crippen LogP contribution is -2.45. The van der Waals surface area contributed by atoms with E-state index in [4.69, 9.17) is 16.3 Å². The second kappa shape index (κ2) is 9.23. The van der Waals surface area contributed by atoms with Crippen molar-refractivity contribution >= 4 is 17.5 Å². The van der Waals surface area contributed by atoms with Crippen LogP contribution in [0.5, 0.6) is 0 Å². The minimum absolute atomic E-state index is 0.0500. The number of amides is 1. The maximum Gasteiger partial charge on any atom is 0.223 e. The Bertz CT molecular complexity index is 506. The fourth-order valence-corrected chi connectivity index (χ4v) is 2.86. The summed E-state index contributed by atoms with van der Waals surface area (Å²) in [7, 11) is 0. The fourth-order valence-electron chi connectivity index (χ4n) is 2.65. The number of carbonyl (C=O) groups excluding carboxylic acids is 1. The molecule has 0 bridgehead atoms. The van der Waals surface area contributed by atoms with E-state index in [0.717, 1.165) is 18.7 Å². The normalized spacial score (nSPS) is 18.4. The Kier molecular flexibility index (Phi) is 7.30. The third kappa shape index (κ3) is 6.47. The molecule has 2 rings (SSSR count). The standard InChI is InChI=1S/C17H25ClN2O3/c1-13(9-14-3-2-4-15(18)10-14)17(22)19-11-16(21)12-20-5-7-23-8-6-20/h2-4,10,13,16,21H,5-9,11-12H2,1H3,(H,19,22). The highest BCUT2D eigenvalue weighted by Gasteiger charge is 2.18. The Hall–Kier alpha value is -1.14. The van der Waals surface area contributed by atoms with Crippen molar-refractivity contribution in [3.8, 4) is 0 Å². The number of benzene rings is 1. The van der Waals surface area contributed by atoms with E-state index in [-0.39, 0.29) is 18.4 Å². The van der Waals surface area contributed by atoms with Crippen molar-refractivity contribution in [2.24, 2.45) is 5.92 Å². The summed E-state index contributed by atoms with van der Waals surface area (Å²) in [6.07, 6.45) is 0.0711. The van der Waals surface area contributed by atoms with E-state index in [9.17, 15) is 9.90 Å². The van der Waals surface area contributed by atoms with E-state index in [1.54, 1.807) is 0 Å². The van der Waals surface area contributed by atoms with Crippen LogP contribution < -0.4 is 5.32 Å². The molecule has 0 aromatic heterocycles. The van der Waals surface area contributed by atoms with Gasteiger partial charge in [-0.15, -0.1) is 0 Å². The Morgan fingerprint density at radius 1 is 1.43 bits per heavy atom. The van der Waals surface area contributed by atoms with Gasteiger partial charge in [0.15, 0.2) is 0 Å². The van der Waals surface area contributed by atoms with Crippen LogP contribution in [0.2, 0.25) is 5.02 Å². The number of hydrogen-bond acceptors (Lipinski definition) is 4. The summed E-state index contributed by atoms with van der Waals surface area (Å²) in [5.41, 5.74) is 1.04. The number of halogens is 1. The zero-order valence-electron chi connectivity index (χ0n) is 13.5. The van der Waals surface area contributed by atoms with Crippen molar-refractivity contribution in [2.45, 2.75) is 19.4 Å². The minimum atomic E-state index is -0.560. The predicted octanol–water partition coefficient (Wildman–Crippen LogP) is 1.33. The minimum Gasteiger partial charge on any atom is -0.390 e. The first-order valence-corrected chi connectivity index (χ1v) is 8.42. The van der Waals surface area contributed by atoms with Crippen molar-refractivity contribution in [2.75, 3.05) is 39.4 Å². The lowest BCUT2D eigenvalue weighted by molar-refractivity contribution is -0.125. The maximum absolute atomic E-state index is 12.1. The van der Waals surface area contributed by atoms with Crippen LogP contribution in [0, 0.1) is 5.92 Å². The van der Waals surface area contributed by atoms with Gasteiger partial charge in [0.2, 0.25) is 5.91 Å². The van der Waals surface area contributed by atoms with Gasteiger partial charge in [-0.05, 0) is 24.1 Å². The van der Waals surface area contributed by atoms with Crippen LogP contribution in [0.3, 0.4) is 0 Å². The molecule has 1 aromatic rings. The number of hydrogen-bond donors (Lipinski definition) is 2. The number of carbonyl (C=O) groups is 1. The highest BCUT2D eigenvalue weighted by atomic mass is 35.5. The van der Waals surface area contributed by atoms with Crippen molar-refractivity contribution in [3.05, 3.63) is 34.9 Å². The monoisotopic (exact) mass is 340 g/mol. The zero-order chi connectivity index (χ0) is 16.7. The lowest BCUT2D eigenvalue weighted by Gasteiger charge is -2.28. The first-order valence-electron chi connectivity index (χ1n) is 8.05. The molecule has 0 spiro atoms. The Morgan fingerprint density at radius 3 is 2.87 bits per heavy atom. The molecule has 0 aliphatic carbocycles. The van der Waals surface area contributed by atoms with Crippen molar-refractivity contribution < 1.29 is 14.6 Å². The van der Waals surface area contributed by atoms with Crippen molar-refractivity contribution in [1.82, 2.24) is 10.2 Å².